The maximum atomic E-state index is 11.8. The summed E-state index contributed by atoms with van der Waals surface area (Å²) in [4.78, 5) is 11.8. The van der Waals surface area contributed by atoms with Gasteiger partial charge in [0.1, 0.15) is 11.8 Å². The first-order valence-corrected chi connectivity index (χ1v) is 10.9. The maximum Gasteiger partial charge on any atom is 0.664 e. The summed E-state index contributed by atoms with van der Waals surface area (Å²) in [6.45, 7) is 8.12. The van der Waals surface area contributed by atoms with Crippen LogP contribution in [0.3, 0.4) is 0 Å². The molecule has 1 unspecified atom stereocenters. The zero-order chi connectivity index (χ0) is 21.6. The van der Waals surface area contributed by atoms with Crippen molar-refractivity contribution >= 4 is 14.1 Å². The van der Waals surface area contributed by atoms with Crippen molar-refractivity contribution in [3.8, 4) is 11.5 Å². The number of hydrogen-bond donors (Lipinski definition) is 2. The van der Waals surface area contributed by atoms with Crippen molar-refractivity contribution in [3.05, 3.63) is 60.2 Å². The number of aryl methyl sites for hydroxylation is 1. The van der Waals surface area contributed by atoms with E-state index in [1.54, 1.807) is 43.3 Å². The Morgan fingerprint density at radius 3 is 2.17 bits per heavy atom. The van der Waals surface area contributed by atoms with Gasteiger partial charge in [0.15, 0.2) is 5.75 Å². The third-order valence-electron chi connectivity index (χ3n) is 4.23. The van der Waals surface area contributed by atoms with E-state index < -0.39 is 20.2 Å². The fourth-order valence-electron chi connectivity index (χ4n) is 2.21. The molecule has 0 aliphatic carbocycles. The molecule has 2 rings (SSSR count). The Morgan fingerprint density at radius 1 is 1.07 bits per heavy atom. The van der Waals surface area contributed by atoms with E-state index in [1.807, 2.05) is 25.1 Å². The molecule has 0 radical (unpaired) electrons. The molecule has 2 aromatic carbocycles. The highest BCUT2D eigenvalue weighted by Gasteiger charge is 2.28. The molecule has 0 fully saturated rings. The topological polar surface area (TPSA) is 84.9 Å². The van der Waals surface area contributed by atoms with Gasteiger partial charge in [-0.1, -0.05) is 67.7 Å². The van der Waals surface area contributed by atoms with Gasteiger partial charge in [0, 0.05) is 4.57 Å². The van der Waals surface area contributed by atoms with E-state index in [1.165, 1.54) is 5.56 Å². The fraction of sp³-hybridized carbons (Fsp3) is 0.409. The van der Waals surface area contributed by atoms with E-state index in [2.05, 4.69) is 18.9 Å². The van der Waals surface area contributed by atoms with Crippen LogP contribution in [0.4, 0.5) is 0 Å². The normalized spacial score (nSPS) is 11.8. The van der Waals surface area contributed by atoms with Crippen LogP contribution in [0, 0.1) is 12.8 Å². The Hall–Kier alpha value is -2.43. The largest absolute Gasteiger partial charge is 0.664 e. The number of esters is 1. The van der Waals surface area contributed by atoms with Crippen molar-refractivity contribution in [1.82, 2.24) is 5.09 Å². The Balaban J connectivity index is 0.000000436. The lowest BCUT2D eigenvalue weighted by Gasteiger charge is -2.13. The number of phenolic OH excluding ortho intramolecular Hbond substituents is 1. The average Bonchev–Trinajstić information content (AvgIpc) is 2.72. The number of carbonyl (C=O) groups is 1. The molecule has 158 valence electrons. The predicted octanol–water partition coefficient (Wildman–Crippen LogP) is 5.38. The summed E-state index contributed by atoms with van der Waals surface area (Å²) in [7, 11) is -2.16. The van der Waals surface area contributed by atoms with Crippen LogP contribution in [0.2, 0.25) is 0 Å². The Labute approximate surface area is 174 Å². The summed E-state index contributed by atoms with van der Waals surface area (Å²) >= 11 is 0. The number of aromatic hydroxyl groups is 1. The Bertz CT molecular complexity index is 712. The first kappa shape index (κ1) is 24.6. The van der Waals surface area contributed by atoms with Crippen LogP contribution in [-0.2, 0) is 14.1 Å². The van der Waals surface area contributed by atoms with Gasteiger partial charge in [-0.3, -0.25) is 4.79 Å². The van der Waals surface area contributed by atoms with Gasteiger partial charge >= 0.3 is 14.1 Å². The molecule has 7 heteroatoms. The van der Waals surface area contributed by atoms with Gasteiger partial charge in [0.2, 0.25) is 0 Å². The molecule has 2 aromatic rings. The van der Waals surface area contributed by atoms with Gasteiger partial charge in [0.05, 0.1) is 6.61 Å². The van der Waals surface area contributed by atoms with Crippen molar-refractivity contribution in [2.75, 3.05) is 6.61 Å². The molecular formula is C22H31NO5P+. The molecule has 0 bridgehead atoms. The first-order chi connectivity index (χ1) is 13.8. The lowest BCUT2D eigenvalue weighted by Crippen LogP contribution is -2.32. The van der Waals surface area contributed by atoms with Crippen molar-refractivity contribution in [1.29, 1.82) is 0 Å². The van der Waals surface area contributed by atoms with E-state index in [4.69, 9.17) is 14.4 Å². The van der Waals surface area contributed by atoms with Crippen molar-refractivity contribution in [2.24, 2.45) is 5.92 Å². The second-order valence-corrected chi connectivity index (χ2v) is 7.62. The van der Waals surface area contributed by atoms with Gasteiger partial charge < -0.3 is 9.84 Å². The quantitative estimate of drug-likeness (QED) is 0.418. The summed E-state index contributed by atoms with van der Waals surface area (Å²) in [5.41, 5.74) is 1.17. The van der Waals surface area contributed by atoms with E-state index >= 15 is 0 Å². The third-order valence-corrected chi connectivity index (χ3v) is 5.21. The predicted molar refractivity (Wildman–Crippen MR) is 115 cm³/mol. The number of hydrogen-bond acceptors (Lipinski definition) is 5. The SMILES string of the molecule is CCC(CC)COC(=O)[C@H](C)N[P+](=O)Oc1ccccc1.Cc1ccc(O)cc1. The van der Waals surface area contributed by atoms with Gasteiger partial charge in [-0.15, -0.1) is 0 Å². The molecule has 0 amide bonds. The fourth-order valence-corrected chi connectivity index (χ4v) is 3.00. The Kier molecular flexibility index (Phi) is 11.6. The van der Waals surface area contributed by atoms with Crippen molar-refractivity contribution < 1.29 is 23.7 Å². The molecule has 0 aliphatic heterocycles. The van der Waals surface area contributed by atoms with Crippen LogP contribution < -0.4 is 9.61 Å². The lowest BCUT2D eigenvalue weighted by molar-refractivity contribution is -0.146. The van der Waals surface area contributed by atoms with Crippen LogP contribution in [0.15, 0.2) is 54.6 Å². The molecule has 0 heterocycles. The van der Waals surface area contributed by atoms with E-state index in [-0.39, 0.29) is 0 Å². The van der Waals surface area contributed by atoms with Crippen LogP contribution in [0.5, 0.6) is 11.5 Å². The minimum atomic E-state index is -2.16. The van der Waals surface area contributed by atoms with Crippen LogP contribution in [0.1, 0.15) is 39.2 Å². The van der Waals surface area contributed by atoms with Crippen LogP contribution in [0.25, 0.3) is 0 Å². The molecule has 0 saturated carbocycles. The third kappa shape index (κ3) is 10.6. The van der Waals surface area contributed by atoms with Gasteiger partial charge in [0.25, 0.3) is 0 Å². The highest BCUT2D eigenvalue weighted by Crippen LogP contribution is 2.23. The number of para-hydroxylation sites is 1. The van der Waals surface area contributed by atoms with Gasteiger partial charge in [-0.05, 0) is 44.0 Å². The summed E-state index contributed by atoms with van der Waals surface area (Å²) in [5, 5.41) is 11.4. The first-order valence-electron chi connectivity index (χ1n) is 9.74. The number of benzene rings is 2. The maximum absolute atomic E-state index is 11.8. The second kappa shape index (κ2) is 13.7. The zero-order valence-corrected chi connectivity index (χ0v) is 18.4. The highest BCUT2D eigenvalue weighted by atomic mass is 31.1. The zero-order valence-electron chi connectivity index (χ0n) is 17.5. The molecule has 29 heavy (non-hydrogen) atoms. The summed E-state index contributed by atoms with van der Waals surface area (Å²) in [6, 6.07) is 15.2. The number of phenols is 1. The number of ether oxygens (including phenoxy) is 1. The molecule has 0 aromatic heterocycles. The molecule has 6 nitrogen and oxygen atoms in total. The minimum Gasteiger partial charge on any atom is -0.508 e. The van der Waals surface area contributed by atoms with E-state index in [0.29, 0.717) is 24.0 Å². The summed E-state index contributed by atoms with van der Waals surface area (Å²) in [6.07, 6.45) is 1.94. The highest BCUT2D eigenvalue weighted by molar-refractivity contribution is 7.37. The average molecular weight is 420 g/mol. The molecule has 2 atom stereocenters. The van der Waals surface area contributed by atoms with Crippen molar-refractivity contribution in [2.45, 2.75) is 46.6 Å². The molecular weight excluding hydrogens is 389 g/mol. The van der Waals surface area contributed by atoms with Crippen molar-refractivity contribution in [3.63, 3.8) is 0 Å². The summed E-state index contributed by atoms with van der Waals surface area (Å²) < 4.78 is 22.2. The number of nitrogens with one attached hydrogen (secondary N) is 1. The molecule has 2 N–H and O–H groups in total. The monoisotopic (exact) mass is 420 g/mol. The number of rotatable bonds is 9. The minimum absolute atomic E-state index is 0.329. The molecule has 0 aliphatic rings. The van der Waals surface area contributed by atoms with E-state index in [0.717, 1.165) is 12.8 Å². The van der Waals surface area contributed by atoms with Crippen LogP contribution >= 0.6 is 8.18 Å². The molecule has 0 spiro atoms. The standard InChI is InChI=1S/C15H23NO4P.C7H8O/c1-4-13(5-2)11-19-15(17)12(3)16-21(18)20-14-9-7-6-8-10-14;1-6-2-4-7(8)5-3-6/h6-10,12-13H,4-5,11H2,1-3H3,(H,16,18);2-5,8H,1H3/q+1;/t12-;/m0./s1. The van der Waals surface area contributed by atoms with Gasteiger partial charge in [-0.25, -0.2) is 4.52 Å². The van der Waals surface area contributed by atoms with Crippen LogP contribution in [-0.4, -0.2) is 23.7 Å². The second-order valence-electron chi connectivity index (χ2n) is 6.66. The summed E-state index contributed by atoms with van der Waals surface area (Å²) in [5.74, 6) is 0.775. The van der Waals surface area contributed by atoms with E-state index in [9.17, 15) is 9.36 Å². The Morgan fingerprint density at radius 2 is 1.66 bits per heavy atom. The van der Waals surface area contributed by atoms with Gasteiger partial charge in [-0.2, -0.15) is 0 Å². The number of carbonyl (C=O) groups excluding carboxylic acids is 1. The molecule has 0 saturated heterocycles. The lowest BCUT2D eigenvalue weighted by atomic mass is 10.1. The smallest absolute Gasteiger partial charge is 0.508 e.